The lowest BCUT2D eigenvalue weighted by molar-refractivity contribution is 0.111. The minimum atomic E-state index is 0.554. The van der Waals surface area contributed by atoms with Gasteiger partial charge >= 0.3 is 0 Å². The monoisotopic (exact) mass is 646 g/mol. The van der Waals surface area contributed by atoms with Gasteiger partial charge < -0.3 is 9.47 Å². The molecule has 0 aliphatic rings. The van der Waals surface area contributed by atoms with Crippen LogP contribution in [0.2, 0.25) is 0 Å². The maximum absolute atomic E-state index is 11.4. The predicted molar refractivity (Wildman–Crippen MR) is 198 cm³/mol. The largest absolute Gasteiger partial charge is 0.492 e. The van der Waals surface area contributed by atoms with Crippen molar-refractivity contribution in [3.8, 4) is 35.2 Å². The minimum absolute atomic E-state index is 0.554. The molecule has 48 heavy (non-hydrogen) atoms. The number of carbonyl (C=O) groups excluding carboxylic acids is 2. The molecule has 3 aromatic carbocycles. The minimum Gasteiger partial charge on any atom is -0.492 e. The Kier molecular flexibility index (Phi) is 16.6. The number of ether oxygens (including phenoxy) is 2. The quantitative estimate of drug-likeness (QED) is 0.102. The summed E-state index contributed by atoms with van der Waals surface area (Å²) in [6.07, 6.45) is 10.8. The van der Waals surface area contributed by atoms with Crippen LogP contribution < -0.4 is 9.47 Å². The fourth-order valence-corrected chi connectivity index (χ4v) is 5.43. The lowest BCUT2D eigenvalue weighted by Crippen LogP contribution is -2.08. The normalized spacial score (nSPS) is 12.0. The second-order valence-electron chi connectivity index (χ2n) is 14.0. The molecular weight excluding hydrogens is 592 g/mol. The molecule has 0 radical (unpaired) electrons. The van der Waals surface area contributed by atoms with Crippen LogP contribution in [0.1, 0.15) is 136 Å². The van der Waals surface area contributed by atoms with Crippen molar-refractivity contribution in [2.24, 2.45) is 23.7 Å². The Morgan fingerprint density at radius 2 is 0.958 bits per heavy atom. The van der Waals surface area contributed by atoms with E-state index in [1.807, 2.05) is 36.4 Å². The summed E-state index contributed by atoms with van der Waals surface area (Å²) in [6.45, 7) is 14.8. The van der Waals surface area contributed by atoms with Crippen molar-refractivity contribution in [1.29, 1.82) is 0 Å². The number of carbonyl (C=O) groups is 2. The van der Waals surface area contributed by atoms with Crippen LogP contribution >= 0.6 is 0 Å². The number of benzene rings is 3. The summed E-state index contributed by atoms with van der Waals surface area (Å²) >= 11 is 0. The summed E-state index contributed by atoms with van der Waals surface area (Å²) in [5, 5.41) is 0. The molecule has 0 bridgehead atoms. The summed E-state index contributed by atoms with van der Waals surface area (Å²) in [5.41, 5.74) is 4.10. The van der Waals surface area contributed by atoms with E-state index in [4.69, 9.17) is 9.47 Å². The van der Waals surface area contributed by atoms with Crippen molar-refractivity contribution in [3.63, 3.8) is 0 Å². The fourth-order valence-electron chi connectivity index (χ4n) is 5.43. The molecule has 0 N–H and O–H groups in total. The van der Waals surface area contributed by atoms with E-state index < -0.39 is 0 Å². The number of hydrogen-bond donors (Lipinski definition) is 0. The molecular formula is C44H54O4. The zero-order valence-electron chi connectivity index (χ0n) is 29.9. The van der Waals surface area contributed by atoms with Crippen LogP contribution in [0.5, 0.6) is 11.5 Å². The van der Waals surface area contributed by atoms with E-state index in [0.29, 0.717) is 58.8 Å². The Balaban J connectivity index is 1.94. The van der Waals surface area contributed by atoms with E-state index in [1.165, 1.54) is 38.5 Å². The third kappa shape index (κ3) is 14.2. The lowest BCUT2D eigenvalue weighted by Gasteiger charge is -2.17. The summed E-state index contributed by atoms with van der Waals surface area (Å²) in [5.74, 6) is 16.9. The molecule has 4 nitrogen and oxygen atoms in total. The third-order valence-corrected chi connectivity index (χ3v) is 8.50. The van der Waals surface area contributed by atoms with Gasteiger partial charge in [0.25, 0.3) is 0 Å². The molecule has 3 aromatic rings. The second kappa shape index (κ2) is 20.8. The highest BCUT2D eigenvalue weighted by Gasteiger charge is 2.13. The topological polar surface area (TPSA) is 52.6 Å². The second-order valence-corrected chi connectivity index (χ2v) is 14.0. The third-order valence-electron chi connectivity index (χ3n) is 8.50. The Morgan fingerprint density at radius 3 is 1.33 bits per heavy atom. The zero-order chi connectivity index (χ0) is 34.7. The molecule has 0 amide bonds. The van der Waals surface area contributed by atoms with E-state index in [1.54, 1.807) is 24.3 Å². The van der Waals surface area contributed by atoms with Gasteiger partial charge in [0.15, 0.2) is 0 Å². The Morgan fingerprint density at radius 1 is 0.542 bits per heavy atom. The molecule has 0 aliphatic heterocycles. The number of hydrogen-bond acceptors (Lipinski definition) is 4. The molecule has 0 aliphatic carbocycles. The first kappa shape index (κ1) is 38.2. The van der Waals surface area contributed by atoms with Crippen LogP contribution in [0, 0.1) is 47.4 Å². The van der Waals surface area contributed by atoms with Gasteiger partial charge in [0.2, 0.25) is 0 Å². The van der Waals surface area contributed by atoms with Gasteiger partial charge in [0, 0.05) is 34.4 Å². The first-order chi connectivity index (χ1) is 23.2. The molecule has 0 fully saturated rings. The Bertz CT molecular complexity index is 1460. The maximum Gasteiger partial charge on any atom is 0.150 e. The van der Waals surface area contributed by atoms with Crippen molar-refractivity contribution in [2.75, 3.05) is 13.2 Å². The van der Waals surface area contributed by atoms with Crippen LogP contribution in [0.15, 0.2) is 60.7 Å². The van der Waals surface area contributed by atoms with E-state index in [9.17, 15) is 9.59 Å². The molecule has 0 spiro atoms. The highest BCUT2D eigenvalue weighted by atomic mass is 16.5. The van der Waals surface area contributed by atoms with Gasteiger partial charge in [-0.05, 0) is 60.8 Å². The Hall–Kier alpha value is -4.28. The van der Waals surface area contributed by atoms with E-state index >= 15 is 0 Å². The molecule has 0 heterocycles. The number of aldehydes is 2. The summed E-state index contributed by atoms with van der Waals surface area (Å²) in [4.78, 5) is 22.7. The van der Waals surface area contributed by atoms with Crippen LogP contribution in [-0.4, -0.2) is 25.8 Å². The standard InChI is InChI=1S/C44H54O4/c1-33(2)11-7-13-35(5)23-25-47-43-29-42(22-20-38-16-10-18-40(28-38)32-46)44(48-26-24-36(6)14-8-12-34(3)4)30-41(43)21-19-37-15-9-17-39(27-37)31-45/h9-10,15-18,27-36H,7-8,11-14,23-26H2,1-6H3. The highest BCUT2D eigenvalue weighted by molar-refractivity contribution is 5.76. The van der Waals surface area contributed by atoms with Crippen LogP contribution in [0.4, 0.5) is 0 Å². The van der Waals surface area contributed by atoms with Crippen LogP contribution in [0.25, 0.3) is 0 Å². The molecule has 3 rings (SSSR count). The molecule has 2 atom stereocenters. The van der Waals surface area contributed by atoms with Crippen molar-refractivity contribution >= 4 is 12.6 Å². The highest BCUT2D eigenvalue weighted by Crippen LogP contribution is 2.30. The first-order valence-corrected chi connectivity index (χ1v) is 17.7. The van der Waals surface area contributed by atoms with Crippen LogP contribution in [0.3, 0.4) is 0 Å². The van der Waals surface area contributed by atoms with E-state index in [2.05, 4.69) is 65.2 Å². The van der Waals surface area contributed by atoms with Gasteiger partial charge in [-0.2, -0.15) is 0 Å². The van der Waals surface area contributed by atoms with Crippen molar-refractivity contribution in [3.05, 3.63) is 94.0 Å². The molecule has 2 unspecified atom stereocenters. The van der Waals surface area contributed by atoms with Gasteiger partial charge in [0.05, 0.1) is 24.3 Å². The van der Waals surface area contributed by atoms with Gasteiger partial charge in [0.1, 0.15) is 24.1 Å². The number of rotatable bonds is 18. The SMILES string of the molecule is CC(C)CCCC(C)CCOc1cc(C#Cc2cccc(C=O)c2)c(OCCC(C)CCCC(C)C)cc1C#Cc1cccc(C=O)c1. The Labute approximate surface area is 290 Å². The van der Waals surface area contributed by atoms with Crippen molar-refractivity contribution in [1.82, 2.24) is 0 Å². The van der Waals surface area contributed by atoms with Gasteiger partial charge in [-0.1, -0.05) is 128 Å². The maximum atomic E-state index is 11.4. The summed E-state index contributed by atoms with van der Waals surface area (Å²) < 4.78 is 12.9. The average Bonchev–Trinajstić information content (AvgIpc) is 3.07. The summed E-state index contributed by atoms with van der Waals surface area (Å²) in [7, 11) is 0. The first-order valence-electron chi connectivity index (χ1n) is 17.7. The van der Waals surface area contributed by atoms with E-state index in [0.717, 1.165) is 48.4 Å². The van der Waals surface area contributed by atoms with E-state index in [-0.39, 0.29) is 0 Å². The molecule has 254 valence electrons. The molecule has 4 heteroatoms. The molecule has 0 saturated heterocycles. The fraction of sp³-hybridized carbons (Fsp3) is 0.455. The van der Waals surface area contributed by atoms with Crippen molar-refractivity contribution in [2.45, 2.75) is 92.9 Å². The van der Waals surface area contributed by atoms with Crippen LogP contribution in [-0.2, 0) is 0 Å². The molecule has 0 saturated carbocycles. The zero-order valence-corrected chi connectivity index (χ0v) is 29.9. The smallest absolute Gasteiger partial charge is 0.150 e. The lowest BCUT2D eigenvalue weighted by atomic mass is 9.97. The van der Waals surface area contributed by atoms with Gasteiger partial charge in [-0.15, -0.1) is 0 Å². The van der Waals surface area contributed by atoms with Crippen molar-refractivity contribution < 1.29 is 19.1 Å². The molecule has 0 aromatic heterocycles. The predicted octanol–water partition coefficient (Wildman–Crippen LogP) is 10.6. The summed E-state index contributed by atoms with van der Waals surface area (Å²) in [6, 6.07) is 18.4. The van der Waals surface area contributed by atoms with Gasteiger partial charge in [-0.25, -0.2) is 0 Å². The average molecular weight is 647 g/mol. The van der Waals surface area contributed by atoms with Gasteiger partial charge in [-0.3, -0.25) is 9.59 Å².